The third-order valence-electron chi connectivity index (χ3n) is 3.30. The third kappa shape index (κ3) is 3.38. The molecule has 2 aliphatic heterocycles. The summed E-state index contributed by atoms with van der Waals surface area (Å²) in [5.41, 5.74) is 0. The van der Waals surface area contributed by atoms with Crippen LogP contribution in [-0.2, 0) is 19.8 Å². The highest BCUT2D eigenvalue weighted by molar-refractivity contribution is 7.86. The Kier molecular flexibility index (Phi) is 3.67. The first-order valence-electron chi connectivity index (χ1n) is 5.75. The van der Waals surface area contributed by atoms with Crippen molar-refractivity contribution in [1.29, 1.82) is 0 Å². The minimum Gasteiger partial charge on any atom is -0.381 e. The zero-order chi connectivity index (χ0) is 12.5. The Morgan fingerprint density at radius 1 is 1.35 bits per heavy atom. The lowest BCUT2D eigenvalue weighted by molar-refractivity contribution is -0.131. The number of carbonyl (C=O) groups is 1. The number of hydrogen-bond donors (Lipinski definition) is 0. The summed E-state index contributed by atoms with van der Waals surface area (Å²) in [5, 5.41) is 0. The maximum absolute atomic E-state index is 12.6. The molecular weight excluding hydrogens is 249 g/mol. The van der Waals surface area contributed by atoms with Crippen LogP contribution in [0, 0.1) is 5.92 Å². The molecule has 5 nitrogen and oxygen atoms in total. The van der Waals surface area contributed by atoms with Crippen molar-refractivity contribution in [2.45, 2.75) is 25.3 Å². The number of hydrogen-bond acceptors (Lipinski definition) is 4. The van der Waals surface area contributed by atoms with Gasteiger partial charge in [-0.25, -0.2) is 0 Å². The molecule has 7 heteroatoms. The molecule has 0 spiro atoms. The van der Waals surface area contributed by atoms with E-state index < -0.39 is 21.9 Å². The zero-order valence-corrected chi connectivity index (χ0v) is 10.3. The van der Waals surface area contributed by atoms with Crippen molar-refractivity contribution in [1.82, 2.24) is 4.90 Å². The Bertz CT molecular complexity index is 391. The van der Waals surface area contributed by atoms with Gasteiger partial charge in [0.1, 0.15) is 0 Å². The monoisotopic (exact) mass is 265 g/mol. The molecule has 17 heavy (non-hydrogen) atoms. The quantitative estimate of drug-likeness (QED) is 0.689. The van der Waals surface area contributed by atoms with Gasteiger partial charge in [-0.05, 0) is 12.8 Å². The minimum absolute atomic E-state index is 0.0643. The number of rotatable bonds is 3. The fourth-order valence-electron chi connectivity index (χ4n) is 2.55. The highest BCUT2D eigenvalue weighted by atomic mass is 32.3. The summed E-state index contributed by atoms with van der Waals surface area (Å²) >= 11 is 0. The topological polar surface area (TPSA) is 63.7 Å². The summed E-state index contributed by atoms with van der Waals surface area (Å²) in [5.74, 6) is -1.01. The van der Waals surface area contributed by atoms with Gasteiger partial charge in [-0.3, -0.25) is 4.79 Å². The van der Waals surface area contributed by atoms with E-state index in [1.807, 2.05) is 0 Å². The van der Waals surface area contributed by atoms with Crippen molar-refractivity contribution >= 4 is 16.1 Å². The van der Waals surface area contributed by atoms with Gasteiger partial charge in [0.25, 0.3) is 0 Å². The van der Waals surface area contributed by atoms with Crippen LogP contribution in [0.2, 0.25) is 0 Å². The van der Waals surface area contributed by atoms with Crippen LogP contribution >= 0.6 is 0 Å². The Morgan fingerprint density at radius 3 is 2.59 bits per heavy atom. The van der Waals surface area contributed by atoms with Crippen molar-refractivity contribution in [3.8, 4) is 0 Å². The van der Waals surface area contributed by atoms with Gasteiger partial charge >= 0.3 is 10.2 Å². The number of likely N-dealkylation sites (tertiary alicyclic amines) is 1. The van der Waals surface area contributed by atoms with Gasteiger partial charge in [-0.15, -0.1) is 3.89 Å². The molecule has 98 valence electrons. The molecule has 2 saturated heterocycles. The highest BCUT2D eigenvalue weighted by Gasteiger charge is 2.36. The minimum atomic E-state index is -4.49. The second-order valence-corrected chi connectivity index (χ2v) is 6.08. The fourth-order valence-corrected chi connectivity index (χ4v) is 3.34. The van der Waals surface area contributed by atoms with Crippen molar-refractivity contribution in [3.05, 3.63) is 0 Å². The molecule has 2 heterocycles. The van der Waals surface area contributed by atoms with Crippen molar-refractivity contribution < 1.29 is 21.8 Å². The van der Waals surface area contributed by atoms with Crippen molar-refractivity contribution in [2.75, 3.05) is 25.5 Å². The maximum Gasteiger partial charge on any atom is 0.302 e. The van der Waals surface area contributed by atoms with E-state index in [2.05, 4.69) is 0 Å². The van der Waals surface area contributed by atoms with Crippen LogP contribution in [0.5, 0.6) is 0 Å². The van der Waals surface area contributed by atoms with Gasteiger partial charge in [0.2, 0.25) is 5.91 Å². The van der Waals surface area contributed by atoms with Crippen LogP contribution in [0.25, 0.3) is 0 Å². The van der Waals surface area contributed by atoms with E-state index >= 15 is 0 Å². The molecule has 0 saturated carbocycles. The fraction of sp³-hybridized carbons (Fsp3) is 0.900. The lowest BCUT2D eigenvalue weighted by atomic mass is 10.1. The number of halogens is 1. The molecule has 1 unspecified atom stereocenters. The van der Waals surface area contributed by atoms with E-state index in [4.69, 9.17) is 4.74 Å². The predicted molar refractivity (Wildman–Crippen MR) is 58.6 cm³/mol. The summed E-state index contributed by atoms with van der Waals surface area (Å²) in [6.07, 6.45) is 1.70. The average molecular weight is 265 g/mol. The first-order chi connectivity index (χ1) is 7.96. The van der Waals surface area contributed by atoms with Crippen LogP contribution in [0.4, 0.5) is 3.89 Å². The van der Waals surface area contributed by atoms with Crippen LogP contribution in [0.3, 0.4) is 0 Å². The van der Waals surface area contributed by atoms with E-state index in [1.54, 1.807) is 4.90 Å². The van der Waals surface area contributed by atoms with Crippen LogP contribution in [-0.4, -0.2) is 50.8 Å². The van der Waals surface area contributed by atoms with Gasteiger partial charge in [0.15, 0.2) is 0 Å². The van der Waals surface area contributed by atoms with Crippen LogP contribution in [0.15, 0.2) is 0 Å². The van der Waals surface area contributed by atoms with Crippen LogP contribution < -0.4 is 0 Å². The number of amides is 1. The van der Waals surface area contributed by atoms with Gasteiger partial charge in [0, 0.05) is 38.1 Å². The molecule has 1 amide bonds. The van der Waals surface area contributed by atoms with E-state index in [1.165, 1.54) is 0 Å². The summed E-state index contributed by atoms with van der Waals surface area (Å²) in [7, 11) is -4.49. The zero-order valence-electron chi connectivity index (χ0n) is 9.47. The lowest BCUT2D eigenvalue weighted by Gasteiger charge is -2.31. The van der Waals surface area contributed by atoms with E-state index in [0.717, 1.165) is 12.8 Å². The molecule has 0 aromatic rings. The SMILES string of the molecule is O=C1CC(CS(=O)(=O)F)CN1C1CCOCC1. The van der Waals surface area contributed by atoms with Crippen molar-refractivity contribution in [3.63, 3.8) is 0 Å². The lowest BCUT2D eigenvalue weighted by Crippen LogP contribution is -2.40. The molecule has 2 fully saturated rings. The van der Waals surface area contributed by atoms with Gasteiger partial charge in [-0.2, -0.15) is 8.42 Å². The van der Waals surface area contributed by atoms with Gasteiger partial charge in [-0.1, -0.05) is 0 Å². The molecule has 2 rings (SSSR count). The average Bonchev–Trinajstić information content (AvgIpc) is 2.58. The Labute approximate surface area is 100 Å². The van der Waals surface area contributed by atoms with E-state index in [0.29, 0.717) is 19.8 Å². The molecule has 0 radical (unpaired) electrons. The molecule has 1 atom stereocenters. The highest BCUT2D eigenvalue weighted by Crippen LogP contribution is 2.25. The Balaban J connectivity index is 1.95. The molecule has 2 aliphatic rings. The number of carbonyl (C=O) groups excluding carboxylic acids is 1. The molecular formula is C10H16FNO4S. The first kappa shape index (κ1) is 12.8. The molecule has 0 aliphatic carbocycles. The van der Waals surface area contributed by atoms with Gasteiger partial charge in [0.05, 0.1) is 5.75 Å². The summed E-state index contributed by atoms with van der Waals surface area (Å²) in [6.45, 7) is 1.60. The summed E-state index contributed by atoms with van der Waals surface area (Å²) in [6, 6.07) is 0.128. The largest absolute Gasteiger partial charge is 0.381 e. The summed E-state index contributed by atoms with van der Waals surface area (Å²) in [4.78, 5) is 13.4. The second kappa shape index (κ2) is 4.89. The maximum atomic E-state index is 12.6. The second-order valence-electron chi connectivity index (χ2n) is 4.67. The van der Waals surface area contributed by atoms with Gasteiger partial charge < -0.3 is 9.64 Å². The molecule has 0 aromatic carbocycles. The molecule has 0 N–H and O–H groups in total. The third-order valence-corrected chi connectivity index (χ3v) is 4.17. The van der Waals surface area contributed by atoms with E-state index in [9.17, 15) is 17.1 Å². The molecule has 0 aromatic heterocycles. The van der Waals surface area contributed by atoms with Crippen molar-refractivity contribution in [2.24, 2.45) is 5.92 Å². The number of ether oxygens (including phenoxy) is 1. The number of nitrogens with zero attached hydrogens (tertiary/aromatic N) is 1. The normalized spacial score (nSPS) is 27.7. The smallest absolute Gasteiger partial charge is 0.302 e. The Hall–Kier alpha value is -0.690. The first-order valence-corrected chi connectivity index (χ1v) is 7.30. The molecule has 0 bridgehead atoms. The van der Waals surface area contributed by atoms with Crippen LogP contribution in [0.1, 0.15) is 19.3 Å². The Morgan fingerprint density at radius 2 is 2.00 bits per heavy atom. The summed E-state index contributed by atoms with van der Waals surface area (Å²) < 4.78 is 38.9. The standard InChI is InChI=1S/C10H16FNO4S/c11-17(14,15)7-8-5-10(13)12(6-8)9-1-3-16-4-2-9/h8-9H,1-7H2. The van der Waals surface area contributed by atoms with E-state index in [-0.39, 0.29) is 18.4 Å². The predicted octanol–water partition coefficient (Wildman–Crippen LogP) is 0.313.